The summed E-state index contributed by atoms with van der Waals surface area (Å²) in [6.07, 6.45) is 1.02. The van der Waals surface area contributed by atoms with E-state index in [1.807, 2.05) is 6.07 Å². The second-order valence-electron chi connectivity index (χ2n) is 5.16. The summed E-state index contributed by atoms with van der Waals surface area (Å²) in [4.78, 5) is 7.96. The Morgan fingerprint density at radius 2 is 2.10 bits per heavy atom. The number of fused-ring (bicyclic) bond motifs is 2. The second-order valence-corrected chi connectivity index (χ2v) is 5.16. The van der Waals surface area contributed by atoms with E-state index >= 15 is 0 Å². The average molecular weight is 265 g/mol. The zero-order valence-corrected chi connectivity index (χ0v) is 11.0. The first-order chi connectivity index (χ1) is 9.81. The molecule has 1 aliphatic rings. The van der Waals surface area contributed by atoms with Gasteiger partial charge < -0.3 is 15.4 Å². The summed E-state index contributed by atoms with van der Waals surface area (Å²) in [5.41, 5.74) is 5.63. The third kappa shape index (κ3) is 1.77. The molecular weight excluding hydrogens is 250 g/mol. The molecule has 0 aliphatic carbocycles. The molecule has 0 saturated heterocycles. The lowest BCUT2D eigenvalue weighted by atomic mass is 9.95. The molecule has 4 nitrogen and oxygen atoms in total. The van der Waals surface area contributed by atoms with E-state index in [1.54, 1.807) is 12.1 Å². The summed E-state index contributed by atoms with van der Waals surface area (Å²) in [5.74, 6) is 1.14. The maximum Gasteiger partial charge on any atom is 0.138 e. The number of phenols is 1. The van der Waals surface area contributed by atoms with E-state index in [0.29, 0.717) is 0 Å². The van der Waals surface area contributed by atoms with Gasteiger partial charge in [-0.15, -0.1) is 0 Å². The van der Waals surface area contributed by atoms with E-state index in [-0.39, 0.29) is 5.75 Å². The van der Waals surface area contributed by atoms with E-state index in [2.05, 4.69) is 33.5 Å². The van der Waals surface area contributed by atoms with Gasteiger partial charge in [0, 0.05) is 18.2 Å². The highest BCUT2D eigenvalue weighted by molar-refractivity contribution is 5.81. The first-order valence-corrected chi connectivity index (χ1v) is 6.82. The summed E-state index contributed by atoms with van der Waals surface area (Å²) in [7, 11) is 0. The van der Waals surface area contributed by atoms with Crippen LogP contribution in [0.1, 0.15) is 11.1 Å². The van der Waals surface area contributed by atoms with Gasteiger partial charge in [-0.1, -0.05) is 18.2 Å². The molecule has 1 aliphatic heterocycles. The number of imidazole rings is 1. The summed E-state index contributed by atoms with van der Waals surface area (Å²) in [6.45, 7) is 1.93. The van der Waals surface area contributed by atoms with Crippen molar-refractivity contribution in [2.75, 3.05) is 6.54 Å². The highest BCUT2D eigenvalue weighted by atomic mass is 16.3. The molecular formula is C16H15N3O. The molecule has 0 spiro atoms. The number of aromatic hydroxyl groups is 1. The Balaban J connectivity index is 1.90. The number of H-pyrrole nitrogens is 1. The van der Waals surface area contributed by atoms with Gasteiger partial charge in [0.2, 0.25) is 0 Å². The highest BCUT2D eigenvalue weighted by Crippen LogP contribution is 2.29. The van der Waals surface area contributed by atoms with Gasteiger partial charge in [0.1, 0.15) is 11.6 Å². The van der Waals surface area contributed by atoms with Crippen molar-refractivity contribution in [1.82, 2.24) is 15.3 Å². The SMILES string of the molecule is Oc1ccc2nc(-c3cccc4c3CCNC4)[nH]c2c1. The summed E-state index contributed by atoms with van der Waals surface area (Å²) < 4.78 is 0. The fourth-order valence-electron chi connectivity index (χ4n) is 2.88. The van der Waals surface area contributed by atoms with E-state index in [0.717, 1.165) is 36.4 Å². The van der Waals surface area contributed by atoms with Gasteiger partial charge >= 0.3 is 0 Å². The Morgan fingerprint density at radius 1 is 1.15 bits per heavy atom. The molecule has 0 amide bonds. The molecule has 3 N–H and O–H groups in total. The van der Waals surface area contributed by atoms with Gasteiger partial charge in [0.25, 0.3) is 0 Å². The van der Waals surface area contributed by atoms with Gasteiger partial charge in [-0.2, -0.15) is 0 Å². The molecule has 20 heavy (non-hydrogen) atoms. The van der Waals surface area contributed by atoms with Crippen molar-refractivity contribution in [3.8, 4) is 17.1 Å². The molecule has 0 unspecified atom stereocenters. The van der Waals surface area contributed by atoms with Gasteiger partial charge in [0.05, 0.1) is 11.0 Å². The number of rotatable bonds is 1. The molecule has 3 aromatic rings. The normalized spacial score (nSPS) is 14.4. The van der Waals surface area contributed by atoms with E-state index in [1.165, 1.54) is 16.7 Å². The predicted molar refractivity (Wildman–Crippen MR) is 78.6 cm³/mol. The van der Waals surface area contributed by atoms with Crippen LogP contribution in [0.15, 0.2) is 36.4 Å². The Hall–Kier alpha value is -2.33. The Morgan fingerprint density at radius 3 is 3.05 bits per heavy atom. The van der Waals surface area contributed by atoms with Crippen LogP contribution < -0.4 is 5.32 Å². The van der Waals surface area contributed by atoms with Crippen molar-refractivity contribution in [3.63, 3.8) is 0 Å². The fourth-order valence-corrected chi connectivity index (χ4v) is 2.88. The quantitative estimate of drug-likeness (QED) is 0.633. The van der Waals surface area contributed by atoms with Crippen LogP contribution >= 0.6 is 0 Å². The molecule has 4 heteroatoms. The molecule has 0 atom stereocenters. The summed E-state index contributed by atoms with van der Waals surface area (Å²) in [6, 6.07) is 11.6. The Kier molecular flexibility index (Phi) is 2.50. The monoisotopic (exact) mass is 265 g/mol. The van der Waals surface area contributed by atoms with Gasteiger partial charge in [-0.3, -0.25) is 0 Å². The number of hydrogen-bond donors (Lipinski definition) is 3. The zero-order chi connectivity index (χ0) is 13.5. The molecule has 0 fully saturated rings. The number of aromatic amines is 1. The van der Waals surface area contributed by atoms with Crippen molar-refractivity contribution in [1.29, 1.82) is 0 Å². The summed E-state index contributed by atoms with van der Waals surface area (Å²) in [5, 5.41) is 12.9. The smallest absolute Gasteiger partial charge is 0.138 e. The van der Waals surface area contributed by atoms with Crippen LogP contribution in [-0.2, 0) is 13.0 Å². The lowest BCUT2D eigenvalue weighted by Gasteiger charge is -2.19. The zero-order valence-electron chi connectivity index (χ0n) is 11.0. The number of aromatic nitrogens is 2. The van der Waals surface area contributed by atoms with Crippen molar-refractivity contribution < 1.29 is 5.11 Å². The van der Waals surface area contributed by atoms with Crippen LogP contribution in [-0.4, -0.2) is 21.6 Å². The predicted octanol–water partition coefficient (Wildman–Crippen LogP) is 2.58. The minimum Gasteiger partial charge on any atom is -0.508 e. The largest absolute Gasteiger partial charge is 0.508 e. The standard InChI is InChI=1S/C16H15N3O/c20-11-4-5-14-15(8-11)19-16(18-14)13-3-1-2-10-9-17-7-6-12(10)13/h1-5,8,17,20H,6-7,9H2,(H,18,19). The minimum atomic E-state index is 0.256. The number of benzene rings is 2. The Labute approximate surface area is 116 Å². The molecule has 0 radical (unpaired) electrons. The molecule has 2 aromatic carbocycles. The van der Waals surface area contributed by atoms with E-state index in [4.69, 9.17) is 0 Å². The molecule has 1 aromatic heterocycles. The molecule has 2 heterocycles. The van der Waals surface area contributed by atoms with Crippen molar-refractivity contribution >= 4 is 11.0 Å². The van der Waals surface area contributed by atoms with Crippen molar-refractivity contribution in [2.24, 2.45) is 0 Å². The first kappa shape index (κ1) is 11.5. The second kappa shape index (κ2) is 4.35. The molecule has 0 bridgehead atoms. The minimum absolute atomic E-state index is 0.256. The number of hydrogen-bond acceptors (Lipinski definition) is 3. The van der Waals surface area contributed by atoms with E-state index in [9.17, 15) is 5.11 Å². The van der Waals surface area contributed by atoms with Gasteiger partial charge in [-0.25, -0.2) is 4.98 Å². The van der Waals surface area contributed by atoms with Crippen LogP contribution in [0.3, 0.4) is 0 Å². The topological polar surface area (TPSA) is 60.9 Å². The Bertz CT molecular complexity index is 792. The number of nitrogens with one attached hydrogen (secondary N) is 2. The average Bonchev–Trinajstić information content (AvgIpc) is 2.89. The molecule has 4 rings (SSSR count). The first-order valence-electron chi connectivity index (χ1n) is 6.82. The van der Waals surface area contributed by atoms with Crippen LogP contribution in [0.4, 0.5) is 0 Å². The van der Waals surface area contributed by atoms with Crippen LogP contribution in [0, 0.1) is 0 Å². The third-order valence-electron chi connectivity index (χ3n) is 3.86. The van der Waals surface area contributed by atoms with Crippen molar-refractivity contribution in [3.05, 3.63) is 47.5 Å². The van der Waals surface area contributed by atoms with Crippen LogP contribution in [0.2, 0.25) is 0 Å². The highest BCUT2D eigenvalue weighted by Gasteiger charge is 2.15. The van der Waals surface area contributed by atoms with Gasteiger partial charge in [-0.05, 0) is 36.2 Å². The van der Waals surface area contributed by atoms with Gasteiger partial charge in [0.15, 0.2) is 0 Å². The molecule has 0 saturated carbocycles. The summed E-state index contributed by atoms with van der Waals surface area (Å²) >= 11 is 0. The third-order valence-corrected chi connectivity index (χ3v) is 3.86. The van der Waals surface area contributed by atoms with Crippen LogP contribution in [0.25, 0.3) is 22.4 Å². The fraction of sp³-hybridized carbons (Fsp3) is 0.188. The number of nitrogens with zero attached hydrogens (tertiary/aromatic N) is 1. The molecule has 100 valence electrons. The van der Waals surface area contributed by atoms with Crippen LogP contribution in [0.5, 0.6) is 5.75 Å². The van der Waals surface area contributed by atoms with Crippen molar-refractivity contribution in [2.45, 2.75) is 13.0 Å². The maximum atomic E-state index is 9.55. The van der Waals surface area contributed by atoms with E-state index < -0.39 is 0 Å². The maximum absolute atomic E-state index is 9.55. The number of phenolic OH excluding ortho intramolecular Hbond substituents is 1. The lowest BCUT2D eigenvalue weighted by Crippen LogP contribution is -2.24. The lowest BCUT2D eigenvalue weighted by molar-refractivity contribution is 0.476.